The molecule has 1 amide bonds. The number of hydrogen-bond acceptors (Lipinski definition) is 5. The van der Waals surface area contributed by atoms with Gasteiger partial charge in [-0.1, -0.05) is 42.5 Å². The van der Waals surface area contributed by atoms with Gasteiger partial charge in [0.1, 0.15) is 17.8 Å². The highest BCUT2D eigenvalue weighted by Gasteiger charge is 2.65. The van der Waals surface area contributed by atoms with Crippen molar-refractivity contribution >= 4 is 11.9 Å². The fraction of sp³-hybridized carbons (Fsp3) is 0.263. The molecule has 0 heterocycles. The summed E-state index contributed by atoms with van der Waals surface area (Å²) < 4.78 is 10.7. The predicted octanol–water partition coefficient (Wildman–Crippen LogP) is 2.20. The number of esters is 1. The van der Waals surface area contributed by atoms with E-state index in [0.29, 0.717) is 17.9 Å². The van der Waals surface area contributed by atoms with E-state index in [1.807, 2.05) is 30.3 Å². The van der Waals surface area contributed by atoms with Crippen molar-refractivity contribution in [2.75, 3.05) is 7.11 Å². The zero-order valence-corrected chi connectivity index (χ0v) is 13.8. The van der Waals surface area contributed by atoms with Gasteiger partial charge < -0.3 is 9.47 Å². The zero-order valence-electron chi connectivity index (χ0n) is 13.8. The van der Waals surface area contributed by atoms with Crippen LogP contribution in [0.4, 0.5) is 0 Å². The number of hydroxylamine groups is 1. The van der Waals surface area contributed by atoms with E-state index in [-0.39, 0.29) is 6.42 Å². The minimum absolute atomic E-state index is 0.286. The van der Waals surface area contributed by atoms with Gasteiger partial charge in [0.25, 0.3) is 0 Å². The minimum Gasteiger partial charge on any atom is -0.489 e. The molecule has 1 fully saturated rings. The summed E-state index contributed by atoms with van der Waals surface area (Å²) >= 11 is 0. The van der Waals surface area contributed by atoms with Crippen LogP contribution in [0, 0.1) is 5.92 Å². The summed E-state index contributed by atoms with van der Waals surface area (Å²) in [6.45, 7) is 0.399. The highest BCUT2D eigenvalue weighted by atomic mass is 16.5. The van der Waals surface area contributed by atoms with Crippen molar-refractivity contribution in [2.45, 2.75) is 18.4 Å². The lowest BCUT2D eigenvalue weighted by Crippen LogP contribution is -2.31. The second-order valence-electron chi connectivity index (χ2n) is 6.00. The molecule has 1 aliphatic carbocycles. The van der Waals surface area contributed by atoms with Crippen molar-refractivity contribution in [1.29, 1.82) is 0 Å². The van der Waals surface area contributed by atoms with E-state index in [1.165, 1.54) is 7.11 Å². The second-order valence-corrected chi connectivity index (χ2v) is 6.00. The van der Waals surface area contributed by atoms with E-state index >= 15 is 0 Å². The van der Waals surface area contributed by atoms with Crippen molar-refractivity contribution < 1.29 is 24.3 Å². The lowest BCUT2D eigenvalue weighted by atomic mass is 9.92. The van der Waals surface area contributed by atoms with Gasteiger partial charge >= 0.3 is 5.97 Å². The first-order chi connectivity index (χ1) is 12.1. The van der Waals surface area contributed by atoms with Gasteiger partial charge in [0.2, 0.25) is 5.91 Å². The normalized spacial score (nSPS) is 21.3. The van der Waals surface area contributed by atoms with E-state index in [0.717, 1.165) is 5.56 Å². The van der Waals surface area contributed by atoms with Crippen LogP contribution in [0.2, 0.25) is 0 Å². The Morgan fingerprint density at radius 2 is 1.96 bits per heavy atom. The monoisotopic (exact) mass is 341 g/mol. The molecule has 2 aromatic carbocycles. The molecule has 2 N–H and O–H groups in total. The molecule has 0 bridgehead atoms. The summed E-state index contributed by atoms with van der Waals surface area (Å²) in [5, 5.41) is 8.87. The van der Waals surface area contributed by atoms with Gasteiger partial charge in [-0.15, -0.1) is 0 Å². The maximum Gasteiger partial charge on any atom is 0.317 e. The van der Waals surface area contributed by atoms with Crippen molar-refractivity contribution in [3.05, 3.63) is 65.7 Å². The van der Waals surface area contributed by atoms with Gasteiger partial charge in [0.05, 0.1) is 13.0 Å². The summed E-state index contributed by atoms with van der Waals surface area (Å²) in [4.78, 5) is 24.1. The van der Waals surface area contributed by atoms with Crippen LogP contribution in [0.15, 0.2) is 54.6 Å². The van der Waals surface area contributed by atoms with Crippen molar-refractivity contribution in [2.24, 2.45) is 5.92 Å². The molecule has 6 heteroatoms. The Morgan fingerprint density at radius 3 is 2.64 bits per heavy atom. The highest BCUT2D eigenvalue weighted by Crippen LogP contribution is 2.55. The molecule has 2 aromatic rings. The Morgan fingerprint density at radius 1 is 1.20 bits per heavy atom. The Hall–Kier alpha value is -2.86. The number of carbonyl (C=O) groups is 2. The predicted molar refractivity (Wildman–Crippen MR) is 88.9 cm³/mol. The molecule has 2 atom stereocenters. The van der Waals surface area contributed by atoms with Crippen LogP contribution in [0.5, 0.6) is 5.75 Å². The molecule has 0 radical (unpaired) electrons. The van der Waals surface area contributed by atoms with Crippen LogP contribution in [-0.4, -0.2) is 24.2 Å². The molecule has 25 heavy (non-hydrogen) atoms. The van der Waals surface area contributed by atoms with Gasteiger partial charge in [-0.3, -0.25) is 14.8 Å². The fourth-order valence-corrected chi connectivity index (χ4v) is 3.11. The number of amides is 1. The third kappa shape index (κ3) is 3.21. The summed E-state index contributed by atoms with van der Waals surface area (Å²) in [6, 6.07) is 16.8. The van der Waals surface area contributed by atoms with Crippen molar-refractivity contribution in [1.82, 2.24) is 5.48 Å². The van der Waals surface area contributed by atoms with Gasteiger partial charge in [-0.2, -0.15) is 0 Å². The second kappa shape index (κ2) is 6.94. The Labute approximate surface area is 145 Å². The molecule has 0 spiro atoms. The first-order valence-electron chi connectivity index (χ1n) is 7.91. The van der Waals surface area contributed by atoms with Gasteiger partial charge in [-0.25, -0.2) is 5.48 Å². The maximum atomic E-state index is 12.3. The van der Waals surface area contributed by atoms with Crippen LogP contribution in [-0.2, 0) is 26.3 Å². The van der Waals surface area contributed by atoms with Crippen LogP contribution in [0.25, 0.3) is 0 Å². The average Bonchev–Trinajstić information content (AvgIpc) is 3.43. The van der Waals surface area contributed by atoms with Crippen LogP contribution in [0.1, 0.15) is 17.5 Å². The van der Waals surface area contributed by atoms with E-state index in [1.54, 1.807) is 29.7 Å². The third-order valence-electron chi connectivity index (χ3n) is 4.53. The van der Waals surface area contributed by atoms with Gasteiger partial charge in [0, 0.05) is 0 Å². The summed E-state index contributed by atoms with van der Waals surface area (Å²) in [6.07, 6.45) is 0.286. The first kappa shape index (κ1) is 17.0. The van der Waals surface area contributed by atoms with E-state index < -0.39 is 23.2 Å². The maximum absolute atomic E-state index is 12.3. The largest absolute Gasteiger partial charge is 0.489 e. The Balaban J connectivity index is 1.82. The van der Waals surface area contributed by atoms with Gasteiger partial charge in [-0.05, 0) is 29.7 Å². The summed E-state index contributed by atoms with van der Waals surface area (Å²) in [5.41, 5.74) is 2.20. The summed E-state index contributed by atoms with van der Waals surface area (Å²) in [5.74, 6) is -1.16. The topological polar surface area (TPSA) is 84.9 Å². The molecule has 0 aromatic heterocycles. The van der Waals surface area contributed by atoms with Crippen LogP contribution < -0.4 is 10.2 Å². The number of benzene rings is 2. The molecule has 130 valence electrons. The third-order valence-corrected chi connectivity index (χ3v) is 4.53. The fourth-order valence-electron chi connectivity index (χ4n) is 3.11. The standard InChI is InChI=1S/C19H19NO5/c1-24-18(22)19(11-16(19)17(21)20-23)14-8-5-9-15(10-14)25-12-13-6-3-2-4-7-13/h2-10,16,23H,11-12H2,1H3,(H,20,21)/t16-,19-/m0/s1. The van der Waals surface area contributed by atoms with E-state index in [9.17, 15) is 9.59 Å². The first-order valence-corrected chi connectivity index (χ1v) is 7.91. The number of ether oxygens (including phenoxy) is 2. The minimum atomic E-state index is -1.08. The summed E-state index contributed by atoms with van der Waals surface area (Å²) in [7, 11) is 1.28. The Bertz CT molecular complexity index is 776. The smallest absolute Gasteiger partial charge is 0.317 e. The van der Waals surface area contributed by atoms with E-state index in [4.69, 9.17) is 14.7 Å². The quantitative estimate of drug-likeness (QED) is 0.478. The molecule has 0 saturated heterocycles. The van der Waals surface area contributed by atoms with Crippen LogP contribution >= 0.6 is 0 Å². The van der Waals surface area contributed by atoms with E-state index in [2.05, 4.69) is 0 Å². The Kier molecular flexibility index (Phi) is 4.72. The lowest BCUT2D eigenvalue weighted by Gasteiger charge is -2.16. The number of hydrogen-bond donors (Lipinski definition) is 2. The molecule has 0 aliphatic heterocycles. The molecular weight excluding hydrogens is 322 g/mol. The molecule has 1 aliphatic rings. The number of rotatable bonds is 6. The number of carbonyl (C=O) groups excluding carboxylic acids is 2. The molecule has 0 unspecified atom stereocenters. The number of nitrogens with one attached hydrogen (secondary N) is 1. The zero-order chi connectivity index (χ0) is 17.9. The molecule has 3 rings (SSSR count). The number of methoxy groups -OCH3 is 1. The van der Waals surface area contributed by atoms with Crippen LogP contribution in [0.3, 0.4) is 0 Å². The SMILES string of the molecule is COC(=O)[C@]1(c2cccc(OCc3ccccc3)c2)C[C@H]1C(=O)NO. The molecule has 1 saturated carbocycles. The molecule has 6 nitrogen and oxygen atoms in total. The average molecular weight is 341 g/mol. The van der Waals surface area contributed by atoms with Gasteiger partial charge in [0.15, 0.2) is 0 Å². The van der Waals surface area contributed by atoms with Crippen molar-refractivity contribution in [3.8, 4) is 5.75 Å². The van der Waals surface area contributed by atoms with Crippen molar-refractivity contribution in [3.63, 3.8) is 0 Å². The molecular formula is C19H19NO5. The highest BCUT2D eigenvalue weighted by molar-refractivity contribution is 5.97. The lowest BCUT2D eigenvalue weighted by molar-refractivity contribution is -0.146.